The van der Waals surface area contributed by atoms with Gasteiger partial charge in [0.25, 0.3) is 0 Å². The quantitative estimate of drug-likeness (QED) is 0.740. The Labute approximate surface area is 90.7 Å². The van der Waals surface area contributed by atoms with Gasteiger partial charge in [-0.05, 0) is 12.1 Å². The van der Waals surface area contributed by atoms with E-state index >= 15 is 0 Å². The van der Waals surface area contributed by atoms with Gasteiger partial charge in [0.1, 0.15) is 12.4 Å². The lowest BCUT2D eigenvalue weighted by molar-refractivity contribution is 0.133. The minimum atomic E-state index is -0.235. The van der Waals surface area contributed by atoms with Crippen molar-refractivity contribution in [1.29, 1.82) is 0 Å². The van der Waals surface area contributed by atoms with Crippen LogP contribution < -0.4 is 14.8 Å². The number of para-hydroxylation sites is 2. The summed E-state index contributed by atoms with van der Waals surface area (Å²) >= 11 is 0. The van der Waals surface area contributed by atoms with Gasteiger partial charge in [-0.15, -0.1) is 0 Å². The smallest absolute Gasteiger partial charge is 0.189 e. The minimum absolute atomic E-state index is 0.134. The molecule has 3 rings (SSSR count). The van der Waals surface area contributed by atoms with Crippen LogP contribution in [0.1, 0.15) is 2.74 Å². The van der Waals surface area contributed by atoms with Crippen LogP contribution in [0.2, 0.25) is 0 Å². The van der Waals surface area contributed by atoms with Crippen LogP contribution >= 0.6 is 0 Å². The van der Waals surface area contributed by atoms with Crippen molar-refractivity contribution in [3.05, 3.63) is 24.2 Å². The van der Waals surface area contributed by atoms with Crippen molar-refractivity contribution >= 4 is 5.84 Å². The molecule has 0 saturated heterocycles. The second kappa shape index (κ2) is 3.46. The second-order valence-corrected chi connectivity index (χ2v) is 3.42. The van der Waals surface area contributed by atoms with Gasteiger partial charge in [0.15, 0.2) is 17.6 Å². The summed E-state index contributed by atoms with van der Waals surface area (Å²) in [6, 6.07) is 3.30. The van der Waals surface area contributed by atoms with Gasteiger partial charge in [0.05, 0.1) is 9.29 Å². The summed E-state index contributed by atoms with van der Waals surface area (Å²) in [5, 5.41) is 3.14. The van der Waals surface area contributed by atoms with E-state index in [1.807, 2.05) is 0 Å². The van der Waals surface area contributed by atoms with Crippen LogP contribution in [-0.4, -0.2) is 31.6 Å². The summed E-state index contributed by atoms with van der Waals surface area (Å²) in [6.45, 7) is 1.98. The molecule has 0 aliphatic carbocycles. The largest absolute Gasteiger partial charge is 0.485 e. The van der Waals surface area contributed by atoms with Gasteiger partial charge in [-0.1, -0.05) is 12.1 Å². The fourth-order valence-electron chi connectivity index (χ4n) is 1.68. The molecule has 1 N–H and O–H groups in total. The van der Waals surface area contributed by atoms with Crippen molar-refractivity contribution in [3.8, 4) is 11.5 Å². The van der Waals surface area contributed by atoms with Gasteiger partial charge in [-0.3, -0.25) is 4.99 Å². The van der Waals surface area contributed by atoms with E-state index in [1.54, 1.807) is 0 Å². The van der Waals surface area contributed by atoms with E-state index in [2.05, 4.69) is 10.3 Å². The lowest BCUT2D eigenvalue weighted by Gasteiger charge is -2.26. The Balaban J connectivity index is 1.87. The number of aliphatic imine (C=N–C) groups is 1. The standard InChI is InChI=1S/C11H12N2O2/c1-2-4-9-8(3-1)14-7-10(15-9)11-12-5-6-13-11/h1-4,10H,5-7H2,(H,12,13)/t10-/m0/s1/i1D,2D. The highest BCUT2D eigenvalue weighted by atomic mass is 16.6. The highest BCUT2D eigenvalue weighted by molar-refractivity contribution is 5.88. The topological polar surface area (TPSA) is 42.8 Å². The lowest BCUT2D eigenvalue weighted by Crippen LogP contribution is -2.42. The highest BCUT2D eigenvalue weighted by Gasteiger charge is 2.26. The zero-order chi connectivity index (χ0) is 11.8. The summed E-state index contributed by atoms with van der Waals surface area (Å²) < 4.78 is 26.3. The molecular weight excluding hydrogens is 192 g/mol. The Morgan fingerprint density at radius 2 is 2.27 bits per heavy atom. The molecule has 1 atom stereocenters. The third-order valence-corrected chi connectivity index (χ3v) is 2.40. The molecule has 2 aliphatic rings. The maximum atomic E-state index is 7.57. The molecule has 0 radical (unpaired) electrons. The van der Waals surface area contributed by atoms with Gasteiger partial charge in [0.2, 0.25) is 0 Å². The van der Waals surface area contributed by atoms with Crippen LogP contribution in [0.15, 0.2) is 29.2 Å². The monoisotopic (exact) mass is 206 g/mol. The molecule has 15 heavy (non-hydrogen) atoms. The first kappa shape index (κ1) is 6.71. The SMILES string of the molecule is [2H]c1cc2c(cc1[2H])O[C@H](C1=NCCN1)CO2. The van der Waals surface area contributed by atoms with Gasteiger partial charge in [-0.25, -0.2) is 0 Å². The molecule has 78 valence electrons. The van der Waals surface area contributed by atoms with Crippen molar-refractivity contribution in [2.75, 3.05) is 19.7 Å². The normalized spacial score (nSPS) is 25.1. The summed E-state index contributed by atoms with van der Waals surface area (Å²) in [5.74, 6) is 1.84. The number of fused-ring (bicyclic) bond motifs is 1. The van der Waals surface area contributed by atoms with E-state index in [0.29, 0.717) is 18.1 Å². The average molecular weight is 206 g/mol. The molecule has 0 amide bonds. The second-order valence-electron chi connectivity index (χ2n) is 3.42. The molecule has 0 saturated carbocycles. The van der Waals surface area contributed by atoms with Crippen molar-refractivity contribution in [1.82, 2.24) is 5.32 Å². The highest BCUT2D eigenvalue weighted by Crippen LogP contribution is 2.31. The zero-order valence-corrected chi connectivity index (χ0v) is 8.12. The Bertz CT molecular complexity index is 491. The summed E-state index contributed by atoms with van der Waals surface area (Å²) in [6.07, 6.45) is -0.235. The first-order valence-corrected chi connectivity index (χ1v) is 4.93. The van der Waals surface area contributed by atoms with Gasteiger partial charge in [-0.2, -0.15) is 0 Å². The van der Waals surface area contributed by atoms with Gasteiger partial charge < -0.3 is 14.8 Å². The zero-order valence-electron chi connectivity index (χ0n) is 10.1. The number of hydrogen-bond acceptors (Lipinski definition) is 4. The fraction of sp³-hybridized carbons (Fsp3) is 0.364. The van der Waals surface area contributed by atoms with E-state index in [1.165, 1.54) is 12.1 Å². The molecule has 4 heteroatoms. The lowest BCUT2D eigenvalue weighted by atomic mass is 10.2. The van der Waals surface area contributed by atoms with E-state index in [4.69, 9.17) is 12.2 Å². The van der Waals surface area contributed by atoms with E-state index in [9.17, 15) is 0 Å². The number of benzene rings is 1. The number of amidine groups is 1. The Morgan fingerprint density at radius 3 is 3.07 bits per heavy atom. The molecule has 0 bridgehead atoms. The van der Waals surface area contributed by atoms with Crippen LogP contribution in [-0.2, 0) is 0 Å². The molecule has 1 aromatic rings. The van der Waals surface area contributed by atoms with Gasteiger partial charge >= 0.3 is 0 Å². The van der Waals surface area contributed by atoms with E-state index in [-0.39, 0.29) is 18.2 Å². The molecule has 2 aliphatic heterocycles. The van der Waals surface area contributed by atoms with Crippen molar-refractivity contribution in [2.45, 2.75) is 6.10 Å². The predicted molar refractivity (Wildman–Crippen MR) is 56.7 cm³/mol. The molecule has 0 spiro atoms. The first-order valence-electron chi connectivity index (χ1n) is 5.93. The minimum Gasteiger partial charge on any atom is -0.485 e. The summed E-state index contributed by atoms with van der Waals surface area (Å²) in [7, 11) is 0. The molecule has 0 unspecified atom stereocenters. The maximum absolute atomic E-state index is 7.57. The number of hydrogen-bond donors (Lipinski definition) is 1. The van der Waals surface area contributed by atoms with Crippen molar-refractivity contribution in [3.63, 3.8) is 0 Å². The third-order valence-electron chi connectivity index (χ3n) is 2.40. The van der Waals surface area contributed by atoms with Crippen molar-refractivity contribution in [2.24, 2.45) is 4.99 Å². The average Bonchev–Trinajstić information content (AvgIpc) is 2.83. The Hall–Kier alpha value is -1.71. The summed E-state index contributed by atoms with van der Waals surface area (Å²) in [4.78, 5) is 4.29. The van der Waals surface area contributed by atoms with Crippen LogP contribution in [0, 0.1) is 0 Å². The van der Waals surface area contributed by atoms with Crippen LogP contribution in [0.25, 0.3) is 0 Å². The van der Waals surface area contributed by atoms with Gasteiger partial charge in [0, 0.05) is 6.54 Å². The summed E-state index contributed by atoms with van der Waals surface area (Å²) in [5.41, 5.74) is 0. The molecule has 2 heterocycles. The number of rotatable bonds is 1. The van der Waals surface area contributed by atoms with Crippen LogP contribution in [0.5, 0.6) is 11.5 Å². The number of ether oxygens (including phenoxy) is 2. The Kier molecular flexibility index (Phi) is 1.55. The molecule has 0 aromatic heterocycles. The third kappa shape index (κ3) is 1.52. The molecular formula is C11H12N2O2. The predicted octanol–water partition coefficient (Wildman–Crippen LogP) is 0.828. The Morgan fingerprint density at radius 1 is 1.40 bits per heavy atom. The van der Waals surface area contributed by atoms with E-state index < -0.39 is 0 Å². The molecule has 0 fully saturated rings. The maximum Gasteiger partial charge on any atom is 0.189 e. The van der Waals surface area contributed by atoms with Crippen molar-refractivity contribution < 1.29 is 12.2 Å². The van der Waals surface area contributed by atoms with Crippen LogP contribution in [0.3, 0.4) is 0 Å². The first-order chi connectivity index (χ1) is 8.24. The van der Waals surface area contributed by atoms with E-state index in [0.717, 1.165) is 18.9 Å². The number of nitrogens with zero attached hydrogens (tertiary/aromatic N) is 1. The number of nitrogens with one attached hydrogen (secondary N) is 1. The fourth-order valence-corrected chi connectivity index (χ4v) is 1.68. The van der Waals surface area contributed by atoms with Crippen LogP contribution in [0.4, 0.5) is 0 Å². The molecule has 4 nitrogen and oxygen atoms in total. The molecule has 1 aromatic carbocycles.